The van der Waals surface area contributed by atoms with Gasteiger partial charge in [-0.25, -0.2) is 9.79 Å². The summed E-state index contributed by atoms with van der Waals surface area (Å²) in [6.45, 7) is 0. The van der Waals surface area contributed by atoms with Crippen molar-refractivity contribution in [1.29, 1.82) is 0 Å². The van der Waals surface area contributed by atoms with E-state index < -0.39 is 5.54 Å². The number of carbonyl (C=O) groups excluding carboxylic acids is 1. The fourth-order valence-electron chi connectivity index (χ4n) is 3.14. The number of hydrogen-bond acceptors (Lipinski definition) is 3. The minimum atomic E-state index is -0.723. The van der Waals surface area contributed by atoms with Crippen molar-refractivity contribution in [2.75, 3.05) is 0 Å². The molecule has 0 bridgehead atoms. The molecule has 1 aliphatic carbocycles. The number of rotatable bonds is 1. The number of aryl methyl sites for hydroxylation is 1. The second-order valence-corrected chi connectivity index (χ2v) is 5.65. The van der Waals surface area contributed by atoms with Crippen LogP contribution in [0, 0.1) is 0 Å². The molecule has 0 fully saturated rings. The predicted octanol–water partition coefficient (Wildman–Crippen LogP) is 2.92. The predicted molar refractivity (Wildman–Crippen MR) is 80.3 cm³/mol. The van der Waals surface area contributed by atoms with E-state index in [1.54, 1.807) is 0 Å². The van der Waals surface area contributed by atoms with Crippen LogP contribution in [0.5, 0.6) is 0 Å². The van der Waals surface area contributed by atoms with Crippen LogP contribution in [0.1, 0.15) is 23.1 Å². The zero-order valence-electron chi connectivity index (χ0n) is 11.6. The fourth-order valence-corrected chi connectivity index (χ4v) is 3.14. The van der Waals surface area contributed by atoms with Crippen LogP contribution in [0.4, 0.5) is 0 Å². The largest absolute Gasteiger partial charge is 0.405 e. The quantitative estimate of drug-likeness (QED) is 0.752. The van der Waals surface area contributed by atoms with Gasteiger partial charge in [-0.3, -0.25) is 0 Å². The number of esters is 1. The van der Waals surface area contributed by atoms with Crippen LogP contribution >= 0.6 is 0 Å². The maximum absolute atomic E-state index is 12.4. The number of benzene rings is 2. The summed E-state index contributed by atoms with van der Waals surface area (Å²) in [6, 6.07) is 17.9. The standard InChI is InChI=1S/C18H15NO2/c20-17-18(11-10-13-6-4-5-9-15(13)12-18)19-16(21-17)14-7-2-1-3-8-14/h1-9H,10-12H2. The summed E-state index contributed by atoms with van der Waals surface area (Å²) in [5.41, 5.74) is 2.67. The van der Waals surface area contributed by atoms with E-state index >= 15 is 0 Å². The lowest BCUT2D eigenvalue weighted by Crippen LogP contribution is -2.39. The van der Waals surface area contributed by atoms with Crippen molar-refractivity contribution in [2.24, 2.45) is 4.99 Å². The lowest BCUT2D eigenvalue weighted by molar-refractivity contribution is -0.139. The van der Waals surface area contributed by atoms with E-state index in [0.717, 1.165) is 18.4 Å². The molecular weight excluding hydrogens is 262 g/mol. The lowest BCUT2D eigenvalue weighted by Gasteiger charge is -2.28. The van der Waals surface area contributed by atoms with Crippen LogP contribution in [-0.2, 0) is 22.4 Å². The van der Waals surface area contributed by atoms with Crippen molar-refractivity contribution >= 4 is 11.9 Å². The second kappa shape index (κ2) is 4.55. The normalized spacial score (nSPS) is 23.6. The molecule has 0 radical (unpaired) electrons. The maximum Gasteiger partial charge on any atom is 0.341 e. The van der Waals surface area contributed by atoms with Crippen molar-refractivity contribution < 1.29 is 9.53 Å². The van der Waals surface area contributed by atoms with Crippen LogP contribution in [0.25, 0.3) is 0 Å². The summed E-state index contributed by atoms with van der Waals surface area (Å²) in [7, 11) is 0. The van der Waals surface area contributed by atoms with Crippen LogP contribution in [0.2, 0.25) is 0 Å². The summed E-state index contributed by atoms with van der Waals surface area (Å²) < 4.78 is 5.47. The van der Waals surface area contributed by atoms with Crippen LogP contribution in [0.15, 0.2) is 59.6 Å². The molecule has 0 saturated carbocycles. The number of hydrogen-bond donors (Lipinski definition) is 0. The topological polar surface area (TPSA) is 38.7 Å². The Labute approximate surface area is 123 Å². The highest BCUT2D eigenvalue weighted by molar-refractivity contribution is 6.08. The first-order chi connectivity index (χ1) is 10.3. The summed E-state index contributed by atoms with van der Waals surface area (Å²) in [6.07, 6.45) is 2.23. The number of aliphatic imine (C=N–C) groups is 1. The van der Waals surface area contributed by atoms with Crippen LogP contribution in [0.3, 0.4) is 0 Å². The van der Waals surface area contributed by atoms with Gasteiger partial charge >= 0.3 is 5.97 Å². The molecule has 1 aliphatic heterocycles. The third-order valence-electron chi connectivity index (χ3n) is 4.31. The molecule has 2 aliphatic rings. The van der Waals surface area contributed by atoms with E-state index in [-0.39, 0.29) is 5.97 Å². The van der Waals surface area contributed by atoms with Gasteiger partial charge in [0, 0.05) is 12.0 Å². The van der Waals surface area contributed by atoms with Gasteiger partial charge in [0.15, 0.2) is 5.54 Å². The van der Waals surface area contributed by atoms with Crippen LogP contribution in [-0.4, -0.2) is 17.4 Å². The zero-order chi connectivity index (χ0) is 14.3. The van der Waals surface area contributed by atoms with E-state index in [1.165, 1.54) is 11.1 Å². The average Bonchev–Trinajstić information content (AvgIpc) is 2.85. The molecule has 1 unspecified atom stereocenters. The Morgan fingerprint density at radius 1 is 0.952 bits per heavy atom. The number of fused-ring (bicyclic) bond motifs is 1. The molecular formula is C18H15NO2. The van der Waals surface area contributed by atoms with Crippen LogP contribution < -0.4 is 0 Å². The summed E-state index contributed by atoms with van der Waals surface area (Å²) in [5, 5.41) is 0. The van der Waals surface area contributed by atoms with Gasteiger partial charge in [-0.2, -0.15) is 0 Å². The molecule has 3 nitrogen and oxygen atoms in total. The minimum Gasteiger partial charge on any atom is -0.405 e. The van der Waals surface area contributed by atoms with Gasteiger partial charge in [0.05, 0.1) is 0 Å². The molecule has 21 heavy (non-hydrogen) atoms. The van der Waals surface area contributed by atoms with Crippen molar-refractivity contribution in [3.8, 4) is 0 Å². The highest BCUT2D eigenvalue weighted by Gasteiger charge is 2.47. The van der Waals surface area contributed by atoms with E-state index in [0.29, 0.717) is 12.3 Å². The summed E-state index contributed by atoms with van der Waals surface area (Å²) in [5.74, 6) is 0.246. The molecule has 1 heterocycles. The van der Waals surface area contributed by atoms with E-state index in [1.807, 2.05) is 42.5 Å². The number of carbonyl (C=O) groups is 1. The summed E-state index contributed by atoms with van der Waals surface area (Å²) >= 11 is 0. The first kappa shape index (κ1) is 12.3. The average molecular weight is 277 g/mol. The Hall–Kier alpha value is -2.42. The van der Waals surface area contributed by atoms with E-state index in [9.17, 15) is 4.79 Å². The Kier molecular flexibility index (Phi) is 2.67. The van der Waals surface area contributed by atoms with Gasteiger partial charge < -0.3 is 4.74 Å². The number of nitrogens with zero attached hydrogens (tertiary/aromatic N) is 1. The van der Waals surface area contributed by atoms with Gasteiger partial charge in [-0.15, -0.1) is 0 Å². The fraction of sp³-hybridized carbons (Fsp3) is 0.222. The Morgan fingerprint density at radius 2 is 1.67 bits per heavy atom. The summed E-state index contributed by atoms with van der Waals surface area (Å²) in [4.78, 5) is 17.1. The molecule has 1 atom stereocenters. The molecule has 3 heteroatoms. The third-order valence-corrected chi connectivity index (χ3v) is 4.31. The molecule has 4 rings (SSSR count). The highest BCUT2D eigenvalue weighted by atomic mass is 16.6. The zero-order valence-corrected chi connectivity index (χ0v) is 11.6. The van der Waals surface area contributed by atoms with Crippen molar-refractivity contribution in [2.45, 2.75) is 24.8 Å². The second-order valence-electron chi connectivity index (χ2n) is 5.65. The smallest absolute Gasteiger partial charge is 0.341 e. The Morgan fingerprint density at radius 3 is 2.48 bits per heavy atom. The van der Waals surface area contributed by atoms with Gasteiger partial charge in [-0.1, -0.05) is 42.5 Å². The highest BCUT2D eigenvalue weighted by Crippen LogP contribution is 2.36. The molecule has 104 valence electrons. The molecule has 0 saturated heterocycles. The molecule has 2 aromatic rings. The number of ether oxygens (including phenoxy) is 1. The van der Waals surface area contributed by atoms with Crippen molar-refractivity contribution in [1.82, 2.24) is 0 Å². The van der Waals surface area contributed by atoms with Crippen molar-refractivity contribution in [3.63, 3.8) is 0 Å². The molecule has 0 aromatic heterocycles. The maximum atomic E-state index is 12.4. The number of cyclic esters (lactones) is 1. The molecule has 1 spiro atoms. The Balaban J connectivity index is 1.73. The third kappa shape index (κ3) is 1.97. The SMILES string of the molecule is O=C1OC(c2ccccc2)=NC12CCc1ccccc1C2. The van der Waals surface area contributed by atoms with E-state index in [4.69, 9.17) is 4.74 Å². The first-order valence-corrected chi connectivity index (χ1v) is 7.21. The monoisotopic (exact) mass is 277 g/mol. The van der Waals surface area contributed by atoms with Gasteiger partial charge in [0.2, 0.25) is 5.90 Å². The van der Waals surface area contributed by atoms with Gasteiger partial charge in [-0.05, 0) is 36.1 Å². The lowest BCUT2D eigenvalue weighted by atomic mass is 9.78. The van der Waals surface area contributed by atoms with E-state index in [2.05, 4.69) is 17.1 Å². The first-order valence-electron chi connectivity index (χ1n) is 7.21. The molecule has 2 aromatic carbocycles. The molecule has 0 N–H and O–H groups in total. The van der Waals surface area contributed by atoms with Gasteiger partial charge in [0.1, 0.15) is 0 Å². The Bertz CT molecular complexity index is 736. The minimum absolute atomic E-state index is 0.212. The molecule has 0 amide bonds. The van der Waals surface area contributed by atoms with Crippen molar-refractivity contribution in [3.05, 3.63) is 71.3 Å². The van der Waals surface area contributed by atoms with Gasteiger partial charge in [0.25, 0.3) is 0 Å².